The van der Waals surface area contributed by atoms with Crippen LogP contribution < -0.4 is 10.6 Å². The van der Waals surface area contributed by atoms with Crippen LogP contribution in [0, 0.1) is 0 Å². The quantitative estimate of drug-likeness (QED) is 0.491. The van der Waals surface area contributed by atoms with E-state index < -0.39 is 5.97 Å². The predicted molar refractivity (Wildman–Crippen MR) is 71.5 cm³/mol. The molecule has 0 aromatic heterocycles. The molecular formula is C13H26N2O3. The first-order valence-corrected chi connectivity index (χ1v) is 6.74. The molecule has 1 amide bonds. The number of hydrogen-bond donors (Lipinski definition) is 3. The number of carboxylic acid groups (broad SMARTS) is 1. The highest BCUT2D eigenvalue weighted by molar-refractivity contribution is 5.75. The minimum absolute atomic E-state index is 0.0775. The zero-order valence-corrected chi connectivity index (χ0v) is 11.5. The van der Waals surface area contributed by atoms with Gasteiger partial charge in [-0.1, -0.05) is 26.7 Å². The molecule has 106 valence electrons. The molecule has 5 nitrogen and oxygen atoms in total. The Hall–Kier alpha value is -1.10. The first-order valence-electron chi connectivity index (χ1n) is 6.74. The zero-order chi connectivity index (χ0) is 13.8. The summed E-state index contributed by atoms with van der Waals surface area (Å²) in [5.41, 5.74) is 0. The molecule has 0 bridgehead atoms. The molecule has 0 saturated carbocycles. The summed E-state index contributed by atoms with van der Waals surface area (Å²) in [4.78, 5) is 21.6. The van der Waals surface area contributed by atoms with Crippen LogP contribution in [0.1, 0.15) is 52.4 Å². The molecule has 0 rings (SSSR count). The van der Waals surface area contributed by atoms with Gasteiger partial charge in [0.25, 0.3) is 0 Å². The van der Waals surface area contributed by atoms with Crippen molar-refractivity contribution < 1.29 is 14.7 Å². The number of carboxylic acids is 1. The van der Waals surface area contributed by atoms with Crippen molar-refractivity contribution in [2.24, 2.45) is 0 Å². The van der Waals surface area contributed by atoms with Crippen molar-refractivity contribution in [3.63, 3.8) is 0 Å². The van der Waals surface area contributed by atoms with Gasteiger partial charge in [0.1, 0.15) is 0 Å². The largest absolute Gasteiger partial charge is 0.481 e. The molecule has 0 aliphatic heterocycles. The van der Waals surface area contributed by atoms with Gasteiger partial charge in [0.2, 0.25) is 5.91 Å². The van der Waals surface area contributed by atoms with Crippen molar-refractivity contribution >= 4 is 11.9 Å². The van der Waals surface area contributed by atoms with Gasteiger partial charge in [-0.3, -0.25) is 9.59 Å². The Morgan fingerprint density at radius 2 is 1.67 bits per heavy atom. The van der Waals surface area contributed by atoms with E-state index in [1.54, 1.807) is 0 Å². The van der Waals surface area contributed by atoms with Gasteiger partial charge in [0, 0.05) is 32.0 Å². The Morgan fingerprint density at radius 3 is 2.28 bits per heavy atom. The normalized spacial score (nSPS) is 10.6. The van der Waals surface area contributed by atoms with E-state index in [2.05, 4.69) is 24.5 Å². The van der Waals surface area contributed by atoms with Crippen molar-refractivity contribution in [2.75, 3.05) is 13.1 Å². The van der Waals surface area contributed by atoms with E-state index >= 15 is 0 Å². The first-order chi connectivity index (χ1) is 8.52. The van der Waals surface area contributed by atoms with Gasteiger partial charge in [-0.15, -0.1) is 0 Å². The molecule has 0 spiro atoms. The van der Waals surface area contributed by atoms with E-state index in [-0.39, 0.29) is 12.3 Å². The monoisotopic (exact) mass is 258 g/mol. The third-order valence-electron chi connectivity index (χ3n) is 2.54. The smallest absolute Gasteiger partial charge is 0.303 e. The van der Waals surface area contributed by atoms with E-state index in [4.69, 9.17) is 5.11 Å². The number of carbonyl (C=O) groups is 2. The molecule has 5 heteroatoms. The molecule has 3 N–H and O–H groups in total. The Bertz CT molecular complexity index is 242. The average molecular weight is 258 g/mol. The fourth-order valence-corrected chi connectivity index (χ4v) is 1.55. The van der Waals surface area contributed by atoms with Crippen molar-refractivity contribution in [1.29, 1.82) is 0 Å². The van der Waals surface area contributed by atoms with Crippen LogP contribution in [0.3, 0.4) is 0 Å². The highest BCUT2D eigenvalue weighted by Crippen LogP contribution is 2.02. The zero-order valence-electron chi connectivity index (χ0n) is 11.5. The summed E-state index contributed by atoms with van der Waals surface area (Å²) in [6.45, 7) is 5.50. The van der Waals surface area contributed by atoms with Crippen molar-refractivity contribution in [3.8, 4) is 0 Å². The van der Waals surface area contributed by atoms with Gasteiger partial charge in [0.15, 0.2) is 0 Å². The van der Waals surface area contributed by atoms with Crippen LogP contribution in [-0.4, -0.2) is 36.1 Å². The number of unbranched alkanes of at least 4 members (excludes halogenated alkanes) is 3. The maximum absolute atomic E-state index is 11.4. The Labute approximate surface area is 109 Å². The van der Waals surface area contributed by atoms with Crippen LogP contribution >= 0.6 is 0 Å². The van der Waals surface area contributed by atoms with Crippen LogP contribution in [0.2, 0.25) is 0 Å². The predicted octanol–water partition coefficient (Wildman–Crippen LogP) is 1.53. The summed E-state index contributed by atoms with van der Waals surface area (Å²) in [5, 5.41) is 14.5. The lowest BCUT2D eigenvalue weighted by Gasteiger charge is -2.08. The second-order valence-corrected chi connectivity index (χ2v) is 4.77. The average Bonchev–Trinajstić information content (AvgIpc) is 2.26. The fraction of sp³-hybridized carbons (Fsp3) is 0.846. The highest BCUT2D eigenvalue weighted by atomic mass is 16.4. The minimum Gasteiger partial charge on any atom is -0.481 e. The Kier molecular flexibility index (Phi) is 10.3. The maximum atomic E-state index is 11.4. The molecule has 0 fully saturated rings. The Morgan fingerprint density at radius 1 is 1.00 bits per heavy atom. The second kappa shape index (κ2) is 11.0. The summed E-state index contributed by atoms with van der Waals surface area (Å²) in [5.74, 6) is -0.658. The van der Waals surface area contributed by atoms with Crippen LogP contribution in [0.5, 0.6) is 0 Å². The molecule has 0 aromatic rings. The first kappa shape index (κ1) is 16.9. The molecule has 0 atom stereocenters. The second-order valence-electron chi connectivity index (χ2n) is 4.77. The topological polar surface area (TPSA) is 78.4 Å². The van der Waals surface area contributed by atoms with Gasteiger partial charge < -0.3 is 15.7 Å². The van der Waals surface area contributed by atoms with Crippen LogP contribution in [-0.2, 0) is 9.59 Å². The molecule has 0 unspecified atom stereocenters. The van der Waals surface area contributed by atoms with E-state index in [0.717, 1.165) is 25.7 Å². The number of amides is 1. The molecule has 0 heterocycles. The molecule has 0 radical (unpaired) electrons. The summed E-state index contributed by atoms with van der Waals surface area (Å²) in [6, 6.07) is 0.409. The lowest BCUT2D eigenvalue weighted by Crippen LogP contribution is -2.31. The van der Waals surface area contributed by atoms with Gasteiger partial charge in [-0.25, -0.2) is 0 Å². The van der Waals surface area contributed by atoms with Crippen LogP contribution in [0.4, 0.5) is 0 Å². The number of nitrogens with one attached hydrogen (secondary N) is 2. The maximum Gasteiger partial charge on any atom is 0.303 e. The van der Waals surface area contributed by atoms with Crippen LogP contribution in [0.25, 0.3) is 0 Å². The van der Waals surface area contributed by atoms with Crippen molar-refractivity contribution in [3.05, 3.63) is 0 Å². The van der Waals surface area contributed by atoms with E-state index in [0.29, 0.717) is 25.6 Å². The summed E-state index contributed by atoms with van der Waals surface area (Å²) >= 11 is 0. The lowest BCUT2D eigenvalue weighted by atomic mass is 10.1. The molecule has 0 saturated heterocycles. The third kappa shape index (κ3) is 13.0. The highest BCUT2D eigenvalue weighted by Gasteiger charge is 2.01. The van der Waals surface area contributed by atoms with Gasteiger partial charge in [0.05, 0.1) is 0 Å². The SMILES string of the molecule is CC(C)NCCC(=O)NCCCCCCC(=O)O. The summed E-state index contributed by atoms with van der Waals surface area (Å²) < 4.78 is 0. The number of hydrogen-bond acceptors (Lipinski definition) is 3. The summed E-state index contributed by atoms with van der Waals surface area (Å²) in [7, 11) is 0. The molecular weight excluding hydrogens is 232 g/mol. The van der Waals surface area contributed by atoms with E-state index in [1.807, 2.05) is 0 Å². The van der Waals surface area contributed by atoms with Gasteiger partial charge in [-0.2, -0.15) is 0 Å². The third-order valence-corrected chi connectivity index (χ3v) is 2.54. The molecule has 18 heavy (non-hydrogen) atoms. The van der Waals surface area contributed by atoms with Gasteiger partial charge in [-0.05, 0) is 12.8 Å². The summed E-state index contributed by atoms with van der Waals surface area (Å²) in [6.07, 6.45) is 4.28. The van der Waals surface area contributed by atoms with Crippen LogP contribution in [0.15, 0.2) is 0 Å². The number of carbonyl (C=O) groups excluding carboxylic acids is 1. The van der Waals surface area contributed by atoms with Gasteiger partial charge >= 0.3 is 5.97 Å². The number of rotatable bonds is 11. The van der Waals surface area contributed by atoms with E-state index in [9.17, 15) is 9.59 Å². The standard InChI is InChI=1S/C13H26N2O3/c1-11(2)14-10-8-12(16)15-9-6-4-3-5-7-13(17)18/h11,14H,3-10H2,1-2H3,(H,15,16)(H,17,18). The Balaban J connectivity index is 3.22. The number of aliphatic carboxylic acids is 1. The minimum atomic E-state index is -0.735. The molecule has 0 aromatic carbocycles. The van der Waals surface area contributed by atoms with Crippen molar-refractivity contribution in [2.45, 2.75) is 58.4 Å². The van der Waals surface area contributed by atoms with Crippen molar-refractivity contribution in [1.82, 2.24) is 10.6 Å². The fourth-order valence-electron chi connectivity index (χ4n) is 1.55. The molecule has 0 aliphatic rings. The van der Waals surface area contributed by atoms with E-state index in [1.165, 1.54) is 0 Å². The lowest BCUT2D eigenvalue weighted by molar-refractivity contribution is -0.137. The molecule has 0 aliphatic carbocycles.